The molecule has 0 radical (unpaired) electrons. The standard InChI is InChI=1S/C38H55N7O4.C29H38BrN5O2.C9H18N2O2.CH4/c1-9-10-13-33-41-34-35(45(33)19-12-11-18-42(5)6)30-24-28(43-20-22-44(23-21-43)37(46)49-38(2,3)4)15-17-31(30)40-36(34)39-26-27-14-16-29(47-7)25-32(27)48-8;1-6-7-10-26-33-27-28(35(26)16-9-8-15-34(2)3)23-17-21(30)12-14-24(23)32-29(27)31-19-20-11-13-22(36-4)18-25(20)37-5;1-9(2,3)13-8(12)11-6-4-10-5-7-11;/h14-17,24-25H,9-13,18-23,26H2,1-8H3,(H,39,40);11-14,17-18H,6-10,15-16,19H2,1-5H3,(H,31,32);10H,4-7H2,1-3H3;1H4. The van der Waals surface area contributed by atoms with E-state index in [1.54, 1.807) is 38.2 Å². The zero-order valence-corrected chi connectivity index (χ0v) is 63.5. The number of hydrogen-bond acceptors (Lipinski definition) is 18. The summed E-state index contributed by atoms with van der Waals surface area (Å²) in [5.74, 6) is 6.88. The zero-order chi connectivity index (χ0) is 71.4. The van der Waals surface area contributed by atoms with Gasteiger partial charge in [0.2, 0.25) is 0 Å². The lowest BCUT2D eigenvalue weighted by Gasteiger charge is -2.36. The lowest BCUT2D eigenvalue weighted by atomic mass is 10.1. The fourth-order valence-corrected chi connectivity index (χ4v) is 12.6. The van der Waals surface area contributed by atoms with Crippen LogP contribution in [0.5, 0.6) is 23.0 Å². The Labute approximate surface area is 603 Å². The molecule has 6 heterocycles. The first-order valence-electron chi connectivity index (χ1n) is 35.4. The fraction of sp³-hybridized carbons (Fsp3) is 0.558. The van der Waals surface area contributed by atoms with Crippen molar-refractivity contribution in [1.82, 2.24) is 54.0 Å². The molecule has 2 aliphatic rings. The number of carbonyl (C=O) groups is 2. The molecule has 548 valence electrons. The number of pyridine rings is 2. The van der Waals surface area contributed by atoms with E-state index in [0.717, 1.165) is 241 Å². The molecule has 0 atom stereocenters. The second-order valence-corrected chi connectivity index (χ2v) is 28.9. The Balaban J connectivity index is 0.000000242. The number of aryl methyl sites for hydroxylation is 4. The minimum Gasteiger partial charge on any atom is -0.497 e. The molecule has 3 N–H and O–H groups in total. The third kappa shape index (κ3) is 22.1. The number of methoxy groups -OCH3 is 4. The summed E-state index contributed by atoms with van der Waals surface area (Å²) in [6.07, 6.45) is 10.3. The summed E-state index contributed by atoms with van der Waals surface area (Å²) in [4.78, 5) is 55.3. The number of amides is 2. The molecular weight excluding hydrogens is 1330 g/mol. The number of fused-ring (bicyclic) bond motifs is 6. The number of aromatic nitrogens is 6. The average molecular weight is 1440 g/mol. The summed E-state index contributed by atoms with van der Waals surface area (Å²) in [5.41, 5.74) is 8.25. The van der Waals surface area contributed by atoms with E-state index in [-0.39, 0.29) is 25.2 Å². The number of halogens is 1. The Hall–Kier alpha value is -7.86. The van der Waals surface area contributed by atoms with E-state index in [1.807, 2.05) is 84.0 Å². The van der Waals surface area contributed by atoms with Crippen molar-refractivity contribution in [3.8, 4) is 23.0 Å². The van der Waals surface area contributed by atoms with Crippen molar-refractivity contribution in [2.45, 2.75) is 164 Å². The summed E-state index contributed by atoms with van der Waals surface area (Å²) in [7, 11) is 15.2. The average Bonchev–Trinajstić information content (AvgIpc) is 1.55. The predicted octanol–water partition coefficient (Wildman–Crippen LogP) is 15.1. The monoisotopic (exact) mass is 1440 g/mol. The van der Waals surface area contributed by atoms with Crippen molar-refractivity contribution in [3.05, 3.63) is 100 Å². The van der Waals surface area contributed by atoms with E-state index >= 15 is 0 Å². The van der Waals surface area contributed by atoms with Crippen LogP contribution in [0.15, 0.2) is 77.3 Å². The van der Waals surface area contributed by atoms with Crippen LogP contribution >= 0.6 is 15.9 Å². The smallest absolute Gasteiger partial charge is 0.410 e. The molecular formula is C77H115BrN14O8. The molecule has 23 heteroatoms. The number of piperazine rings is 2. The molecule has 0 spiro atoms. The maximum Gasteiger partial charge on any atom is 0.410 e. The number of rotatable bonds is 27. The molecule has 4 aromatic heterocycles. The summed E-state index contributed by atoms with van der Waals surface area (Å²) < 4.78 is 38.9. The molecule has 2 aliphatic heterocycles. The molecule has 2 amide bonds. The summed E-state index contributed by atoms with van der Waals surface area (Å²) in [6, 6.07) is 24.6. The van der Waals surface area contributed by atoms with Gasteiger partial charge in [-0.3, -0.25) is 0 Å². The Morgan fingerprint density at radius 2 is 0.980 bits per heavy atom. The highest BCUT2D eigenvalue weighted by atomic mass is 79.9. The van der Waals surface area contributed by atoms with Gasteiger partial charge >= 0.3 is 12.2 Å². The van der Waals surface area contributed by atoms with Gasteiger partial charge in [0.25, 0.3) is 0 Å². The second kappa shape index (κ2) is 37.7. The summed E-state index contributed by atoms with van der Waals surface area (Å²) in [5, 5.41) is 12.6. The van der Waals surface area contributed by atoms with Gasteiger partial charge in [-0.2, -0.15) is 0 Å². The van der Waals surface area contributed by atoms with Gasteiger partial charge in [-0.05, 0) is 182 Å². The number of benzene rings is 4. The molecule has 100 heavy (non-hydrogen) atoms. The molecule has 8 aromatic rings. The molecule has 2 fully saturated rings. The SMILES string of the molecule is C.CC(C)(C)OC(=O)N1CCNCC1.CCCCc1nc2c(NCc3ccc(OC)cc3OC)nc3ccc(Br)cc3c2n1CCCCN(C)C.CCCCc1nc2c(NCc3ccc(OC)cc3OC)nc3ccc(N4CCN(C(=O)OC(C)(C)C)CC4)cc3c2n1CCCCN(C)C. The van der Waals surface area contributed by atoms with Gasteiger partial charge in [0.1, 0.15) is 56.9 Å². The van der Waals surface area contributed by atoms with Gasteiger partial charge in [0, 0.05) is 136 Å². The van der Waals surface area contributed by atoms with Crippen LogP contribution in [0.25, 0.3) is 43.9 Å². The van der Waals surface area contributed by atoms with Crippen LogP contribution in [0.1, 0.15) is 137 Å². The molecule has 0 aliphatic carbocycles. The van der Waals surface area contributed by atoms with Gasteiger partial charge in [0.05, 0.1) is 50.5 Å². The van der Waals surface area contributed by atoms with E-state index in [9.17, 15) is 9.59 Å². The van der Waals surface area contributed by atoms with Crippen molar-refractivity contribution in [2.75, 3.05) is 138 Å². The second-order valence-electron chi connectivity index (χ2n) is 28.0. The summed E-state index contributed by atoms with van der Waals surface area (Å²) in [6.45, 7) is 26.8. The minimum absolute atomic E-state index is 0. The zero-order valence-electron chi connectivity index (χ0n) is 62.0. The van der Waals surface area contributed by atoms with Crippen LogP contribution in [0, 0.1) is 0 Å². The van der Waals surface area contributed by atoms with Crippen LogP contribution < -0.4 is 39.8 Å². The topological polar surface area (TPSA) is 203 Å². The first-order valence-corrected chi connectivity index (χ1v) is 36.2. The van der Waals surface area contributed by atoms with Crippen LogP contribution in [-0.4, -0.2) is 194 Å². The Bertz CT molecular complexity index is 3920. The molecule has 0 unspecified atom stereocenters. The maximum absolute atomic E-state index is 12.7. The third-order valence-electron chi connectivity index (χ3n) is 17.4. The van der Waals surface area contributed by atoms with Crippen LogP contribution in [0.3, 0.4) is 0 Å². The van der Waals surface area contributed by atoms with Crippen LogP contribution in [0.4, 0.5) is 26.9 Å². The third-order valence-corrected chi connectivity index (χ3v) is 17.9. The fourth-order valence-electron chi connectivity index (χ4n) is 12.2. The van der Waals surface area contributed by atoms with Gasteiger partial charge in [-0.25, -0.2) is 29.5 Å². The van der Waals surface area contributed by atoms with Gasteiger partial charge in [0.15, 0.2) is 11.6 Å². The Kier molecular flexibility index (Phi) is 30.0. The number of nitrogens with one attached hydrogen (secondary N) is 3. The molecule has 4 aromatic carbocycles. The Morgan fingerprint density at radius 3 is 1.40 bits per heavy atom. The highest BCUT2D eigenvalue weighted by Crippen LogP contribution is 2.37. The normalized spacial score (nSPS) is 13.4. The number of hydrogen-bond donors (Lipinski definition) is 3. The van der Waals surface area contributed by atoms with Crippen molar-refractivity contribution in [3.63, 3.8) is 0 Å². The van der Waals surface area contributed by atoms with Crippen molar-refractivity contribution >= 4 is 89.3 Å². The highest BCUT2D eigenvalue weighted by Gasteiger charge is 2.28. The summed E-state index contributed by atoms with van der Waals surface area (Å²) >= 11 is 3.68. The van der Waals surface area contributed by atoms with E-state index in [4.69, 9.17) is 48.4 Å². The van der Waals surface area contributed by atoms with E-state index in [1.165, 1.54) is 0 Å². The number of unbranched alkanes of at least 4 members (excludes halogenated alkanes) is 4. The first kappa shape index (κ1) is 79.5. The molecule has 0 saturated carbocycles. The molecule has 2 saturated heterocycles. The number of imidazole rings is 2. The van der Waals surface area contributed by atoms with E-state index in [2.05, 4.69) is 128 Å². The predicted molar refractivity (Wildman–Crippen MR) is 412 cm³/mol. The lowest BCUT2D eigenvalue weighted by molar-refractivity contribution is 0.0223. The highest BCUT2D eigenvalue weighted by molar-refractivity contribution is 9.10. The van der Waals surface area contributed by atoms with Gasteiger partial charge < -0.3 is 78.0 Å². The van der Waals surface area contributed by atoms with Crippen molar-refractivity contribution in [1.29, 1.82) is 0 Å². The first-order chi connectivity index (χ1) is 47.4. The minimum atomic E-state index is -0.509. The molecule has 22 nitrogen and oxygen atoms in total. The Morgan fingerprint density at radius 1 is 0.540 bits per heavy atom. The van der Waals surface area contributed by atoms with Crippen molar-refractivity contribution in [2.24, 2.45) is 0 Å². The number of carbonyl (C=O) groups excluding carboxylic acids is 2. The lowest BCUT2D eigenvalue weighted by Crippen LogP contribution is -2.50. The van der Waals surface area contributed by atoms with Crippen LogP contribution in [0.2, 0.25) is 0 Å². The molecule has 0 bridgehead atoms. The van der Waals surface area contributed by atoms with Crippen LogP contribution in [-0.2, 0) is 48.5 Å². The maximum atomic E-state index is 12.7. The molecule has 10 rings (SSSR count). The van der Waals surface area contributed by atoms with E-state index in [0.29, 0.717) is 26.2 Å². The van der Waals surface area contributed by atoms with Gasteiger partial charge in [-0.15, -0.1) is 0 Å². The van der Waals surface area contributed by atoms with Crippen molar-refractivity contribution < 1.29 is 38.0 Å². The van der Waals surface area contributed by atoms with Gasteiger partial charge in [-0.1, -0.05) is 50.0 Å². The number of ether oxygens (including phenoxy) is 6. The van der Waals surface area contributed by atoms with E-state index < -0.39 is 5.60 Å². The number of nitrogens with zero attached hydrogens (tertiary/aromatic N) is 11. The quantitative estimate of drug-likeness (QED) is 0.0410. The largest absolute Gasteiger partial charge is 0.497 e. The number of anilines is 3.